The number of esters is 1. The van der Waals surface area contributed by atoms with Gasteiger partial charge in [0.15, 0.2) is 0 Å². The Morgan fingerprint density at radius 2 is 1.61 bits per heavy atom. The molecule has 1 aliphatic heterocycles. The highest BCUT2D eigenvalue weighted by Gasteiger charge is 2.35. The normalized spacial score (nSPS) is 18.3. The van der Waals surface area contributed by atoms with Gasteiger partial charge in [-0.1, -0.05) is 115 Å². The Hall–Kier alpha value is -4.76. The predicted octanol–water partition coefficient (Wildman–Crippen LogP) is 5.05. The number of allylic oxidation sites excluding steroid dienone is 4. The van der Waals surface area contributed by atoms with Crippen LogP contribution in [-0.4, -0.2) is 119 Å². The molecule has 0 saturated carbocycles. The molecule has 0 aliphatic carbocycles. The van der Waals surface area contributed by atoms with Crippen LogP contribution in [0.25, 0.3) is 0 Å². The molecule has 1 heterocycles. The molecule has 2 rings (SSSR count). The molecule has 0 bridgehead atoms. The van der Waals surface area contributed by atoms with Crippen molar-refractivity contribution in [2.24, 2.45) is 29.6 Å². The second kappa shape index (κ2) is 28.9. The van der Waals surface area contributed by atoms with Gasteiger partial charge in [-0.05, 0) is 69.0 Å². The topological polar surface area (TPSA) is 195 Å². The zero-order valence-corrected chi connectivity index (χ0v) is 39.9. The number of hydrogen-bond donors (Lipinski definition) is 5. The molecule has 1 aromatic rings. The molecule has 1 aromatic carbocycles. The lowest BCUT2D eigenvalue weighted by Gasteiger charge is -2.36. The van der Waals surface area contributed by atoms with Gasteiger partial charge in [-0.2, -0.15) is 0 Å². The standard InChI is InChI=1S/C50H77N5O9/c1-33(2)30-54(31-34(3)4)45(59)25-17-19-36(7)44(24-16-12-15-23-43(58)38(9)47(60)40(32-56)27-26-37(8)57)64-50(63)41-22-18-28-55(53-41)49(62)42(29-39-20-13-11-14-21-39)52-48(61)46(51-10)35(5)6/h11-17,19-21,23,25,32-35,38,40-44,46-47,51,53,58,60H,18,22,24,26-31H2,1-10H3,(H,52,61)/b16-12+,23-15+,25-17+,36-19+/t38?,40?,41?,42?,43-,44-,46?,47?/m0/s1. The van der Waals surface area contributed by atoms with Crippen LogP contribution in [0, 0.1) is 29.6 Å². The van der Waals surface area contributed by atoms with Crippen molar-refractivity contribution in [2.75, 3.05) is 26.7 Å². The number of rotatable bonds is 27. The number of aliphatic hydroxyl groups excluding tert-OH is 2. The molecular weight excluding hydrogens is 815 g/mol. The summed E-state index contributed by atoms with van der Waals surface area (Å²) in [4.78, 5) is 79.5. The van der Waals surface area contributed by atoms with Crippen LogP contribution in [-0.2, 0) is 39.9 Å². The third kappa shape index (κ3) is 19.5. The van der Waals surface area contributed by atoms with Crippen LogP contribution >= 0.6 is 0 Å². The van der Waals surface area contributed by atoms with E-state index >= 15 is 0 Å². The van der Waals surface area contributed by atoms with E-state index in [1.165, 1.54) is 24.1 Å². The minimum absolute atomic E-state index is 0.0249. The third-order valence-electron chi connectivity index (χ3n) is 11.2. The summed E-state index contributed by atoms with van der Waals surface area (Å²) < 4.78 is 6.13. The van der Waals surface area contributed by atoms with E-state index in [0.717, 1.165) is 5.56 Å². The molecule has 64 heavy (non-hydrogen) atoms. The summed E-state index contributed by atoms with van der Waals surface area (Å²) in [6.45, 7) is 18.5. The van der Waals surface area contributed by atoms with Gasteiger partial charge in [0.1, 0.15) is 30.3 Å². The van der Waals surface area contributed by atoms with Crippen LogP contribution in [0.4, 0.5) is 0 Å². The van der Waals surface area contributed by atoms with Crippen molar-refractivity contribution in [1.29, 1.82) is 0 Å². The van der Waals surface area contributed by atoms with Crippen LogP contribution in [0.15, 0.2) is 78.4 Å². The van der Waals surface area contributed by atoms with E-state index in [0.29, 0.717) is 56.2 Å². The molecule has 3 amide bonds. The molecule has 14 heteroatoms. The third-order valence-corrected chi connectivity index (χ3v) is 11.2. The summed E-state index contributed by atoms with van der Waals surface area (Å²) in [6, 6.07) is 7.13. The average Bonchev–Trinajstić information content (AvgIpc) is 3.24. The molecule has 1 aliphatic rings. The number of likely N-dealkylation sites (N-methyl/N-ethyl adjacent to an activating group) is 1. The molecule has 5 N–H and O–H groups in total. The number of nitrogens with one attached hydrogen (secondary N) is 3. The molecular formula is C50H77N5O9. The first-order valence-corrected chi connectivity index (χ1v) is 22.9. The van der Waals surface area contributed by atoms with Crippen molar-refractivity contribution in [1.82, 2.24) is 26.0 Å². The van der Waals surface area contributed by atoms with Crippen LogP contribution in [0.2, 0.25) is 0 Å². The fourth-order valence-electron chi connectivity index (χ4n) is 7.48. The number of ketones is 1. The van der Waals surface area contributed by atoms with Gasteiger partial charge >= 0.3 is 5.97 Å². The molecule has 1 saturated heterocycles. The van der Waals surface area contributed by atoms with E-state index in [1.807, 2.05) is 49.1 Å². The summed E-state index contributed by atoms with van der Waals surface area (Å²) in [6.07, 6.45) is 10.8. The first-order chi connectivity index (χ1) is 30.3. The highest BCUT2D eigenvalue weighted by molar-refractivity contribution is 5.90. The summed E-state index contributed by atoms with van der Waals surface area (Å²) in [7, 11) is 1.70. The van der Waals surface area contributed by atoms with Gasteiger partial charge < -0.3 is 40.1 Å². The number of aldehydes is 1. The Bertz CT molecular complexity index is 1750. The van der Waals surface area contributed by atoms with Crippen molar-refractivity contribution in [2.45, 2.75) is 137 Å². The lowest BCUT2D eigenvalue weighted by molar-refractivity contribution is -0.156. The van der Waals surface area contributed by atoms with E-state index in [2.05, 4.69) is 43.8 Å². The van der Waals surface area contributed by atoms with Gasteiger partial charge in [-0.15, -0.1) is 0 Å². The Morgan fingerprint density at radius 1 is 0.953 bits per heavy atom. The molecule has 0 radical (unpaired) electrons. The number of aliphatic hydroxyl groups is 2. The maximum absolute atomic E-state index is 14.1. The predicted molar refractivity (Wildman–Crippen MR) is 250 cm³/mol. The molecule has 8 atom stereocenters. The largest absolute Gasteiger partial charge is 0.456 e. The number of carbonyl (C=O) groups is 6. The molecule has 356 valence electrons. The number of hydrogen-bond acceptors (Lipinski definition) is 11. The second-order valence-electron chi connectivity index (χ2n) is 18.2. The number of ether oxygens (including phenoxy) is 1. The van der Waals surface area contributed by atoms with Gasteiger partial charge in [0.05, 0.1) is 18.2 Å². The van der Waals surface area contributed by atoms with Crippen molar-refractivity contribution in [3.8, 4) is 0 Å². The second-order valence-corrected chi connectivity index (χ2v) is 18.2. The lowest BCUT2D eigenvalue weighted by Crippen LogP contribution is -2.61. The molecule has 14 nitrogen and oxygen atoms in total. The highest BCUT2D eigenvalue weighted by Crippen LogP contribution is 2.22. The molecule has 1 fully saturated rings. The summed E-state index contributed by atoms with van der Waals surface area (Å²) in [5, 5.41) is 28.9. The smallest absolute Gasteiger partial charge is 0.325 e. The van der Waals surface area contributed by atoms with E-state index in [4.69, 9.17) is 4.74 Å². The summed E-state index contributed by atoms with van der Waals surface area (Å²) in [5.41, 5.74) is 4.61. The Kier molecular flexibility index (Phi) is 25.0. The number of carbonyl (C=O) groups excluding carboxylic acids is 6. The van der Waals surface area contributed by atoms with Crippen LogP contribution < -0.4 is 16.1 Å². The molecule has 0 spiro atoms. The van der Waals surface area contributed by atoms with Gasteiger partial charge in [0.2, 0.25) is 11.8 Å². The van der Waals surface area contributed by atoms with Crippen molar-refractivity contribution < 1.29 is 43.7 Å². The first-order valence-electron chi connectivity index (χ1n) is 22.9. The Balaban J connectivity index is 2.33. The monoisotopic (exact) mass is 892 g/mol. The fraction of sp³-hybridized carbons (Fsp3) is 0.600. The lowest BCUT2D eigenvalue weighted by atomic mass is 9.86. The molecule has 0 aromatic heterocycles. The minimum Gasteiger partial charge on any atom is -0.456 e. The first kappa shape index (κ1) is 55.4. The highest BCUT2D eigenvalue weighted by atomic mass is 16.5. The number of Topliss-reactive ketones (excluding diaryl/α,β-unsaturated/α-hetero) is 1. The SMILES string of the molecule is CNC(C(=O)NC(Cc1ccccc1)C(=O)N1CCCC(C(=O)O[C@@H](C/C=C/C=C/[C@H](O)C(C)C(O)C(C=O)CCC(C)=O)/C(C)=C/C=C/C(=O)N(CC(C)C)CC(C)C)N1)C(C)C. The number of hydrazine groups is 1. The number of benzene rings is 1. The maximum atomic E-state index is 14.1. The minimum atomic E-state index is -1.15. The van der Waals surface area contributed by atoms with E-state index in [9.17, 15) is 39.0 Å². The van der Waals surface area contributed by atoms with Crippen molar-refractivity contribution in [3.63, 3.8) is 0 Å². The fourth-order valence-corrected chi connectivity index (χ4v) is 7.48. The maximum Gasteiger partial charge on any atom is 0.325 e. The quantitative estimate of drug-likeness (QED) is 0.0344. The van der Waals surface area contributed by atoms with Gasteiger partial charge in [-0.3, -0.25) is 24.2 Å². The summed E-state index contributed by atoms with van der Waals surface area (Å²) >= 11 is 0. The average molecular weight is 892 g/mol. The van der Waals surface area contributed by atoms with Crippen LogP contribution in [0.1, 0.15) is 100.0 Å². The molecule has 6 unspecified atom stereocenters. The van der Waals surface area contributed by atoms with E-state index in [1.54, 1.807) is 51.3 Å². The van der Waals surface area contributed by atoms with Crippen molar-refractivity contribution >= 4 is 35.8 Å². The van der Waals surface area contributed by atoms with E-state index in [-0.39, 0.29) is 55.1 Å². The van der Waals surface area contributed by atoms with Crippen LogP contribution in [0.5, 0.6) is 0 Å². The number of nitrogens with zero attached hydrogens (tertiary/aromatic N) is 2. The van der Waals surface area contributed by atoms with Crippen molar-refractivity contribution in [3.05, 3.63) is 84.0 Å². The zero-order valence-electron chi connectivity index (χ0n) is 39.9. The van der Waals surface area contributed by atoms with Gasteiger partial charge in [0, 0.05) is 56.8 Å². The van der Waals surface area contributed by atoms with E-state index < -0.39 is 54.2 Å². The van der Waals surface area contributed by atoms with Gasteiger partial charge in [-0.25, -0.2) is 5.43 Å². The number of amides is 3. The summed E-state index contributed by atoms with van der Waals surface area (Å²) in [5.74, 6) is -2.39. The zero-order chi connectivity index (χ0) is 47.9. The Labute approximate surface area is 382 Å². The van der Waals surface area contributed by atoms with Gasteiger partial charge in [0.25, 0.3) is 5.91 Å². The van der Waals surface area contributed by atoms with Crippen LogP contribution in [0.3, 0.4) is 0 Å². The Morgan fingerprint density at radius 3 is 2.19 bits per heavy atom.